The van der Waals surface area contributed by atoms with Gasteiger partial charge in [-0.25, -0.2) is 0 Å². The minimum atomic E-state index is -1.14. The maximum atomic E-state index is 12.6. The highest BCUT2D eigenvalue weighted by molar-refractivity contribution is 5.78. The van der Waals surface area contributed by atoms with Gasteiger partial charge in [-0.3, -0.25) is 4.79 Å². The predicted octanol–water partition coefficient (Wildman–Crippen LogP) is 4.87. The van der Waals surface area contributed by atoms with Crippen LogP contribution < -0.4 is 10.1 Å². The van der Waals surface area contributed by atoms with Gasteiger partial charge in [-0.2, -0.15) is 0 Å². The number of methoxy groups -OCH3 is 1. The van der Waals surface area contributed by atoms with Crippen LogP contribution in [0.2, 0.25) is 0 Å². The van der Waals surface area contributed by atoms with Crippen molar-refractivity contribution < 1.29 is 14.6 Å². The van der Waals surface area contributed by atoms with Crippen LogP contribution in [0.3, 0.4) is 0 Å². The molecule has 36 heavy (non-hydrogen) atoms. The highest BCUT2D eigenvalue weighted by Gasteiger charge is 2.55. The first-order valence-corrected chi connectivity index (χ1v) is 12.6. The van der Waals surface area contributed by atoms with E-state index in [9.17, 15) is 9.90 Å². The van der Waals surface area contributed by atoms with Crippen LogP contribution in [0.4, 0.5) is 0 Å². The normalized spacial score (nSPS) is 16.8. The second-order valence-electron chi connectivity index (χ2n) is 10.7. The van der Waals surface area contributed by atoms with Gasteiger partial charge in [0.25, 0.3) is 0 Å². The Labute approximate surface area is 215 Å². The molecule has 0 aromatic heterocycles. The summed E-state index contributed by atoms with van der Waals surface area (Å²) in [7, 11) is 3.70. The summed E-state index contributed by atoms with van der Waals surface area (Å²) in [4.78, 5) is 14.9. The zero-order chi connectivity index (χ0) is 25.9. The van der Waals surface area contributed by atoms with Gasteiger partial charge in [-0.15, -0.1) is 0 Å². The average molecular weight is 487 g/mol. The summed E-state index contributed by atoms with van der Waals surface area (Å²) in [5.41, 5.74) is 3.41. The van der Waals surface area contributed by atoms with Crippen LogP contribution in [0.15, 0.2) is 72.8 Å². The molecule has 3 aromatic rings. The number of hydrogen-bond donors (Lipinski definition) is 2. The molecule has 1 aliphatic heterocycles. The summed E-state index contributed by atoms with van der Waals surface area (Å²) < 4.78 is 5.25. The van der Waals surface area contributed by atoms with Crippen molar-refractivity contribution >= 4 is 5.91 Å². The van der Waals surface area contributed by atoms with E-state index < -0.39 is 5.60 Å². The zero-order valence-corrected chi connectivity index (χ0v) is 22.0. The topological polar surface area (TPSA) is 61.8 Å². The number of carbonyl (C=O) groups is 1. The molecule has 1 atom stereocenters. The number of benzene rings is 3. The minimum absolute atomic E-state index is 0.0548. The fourth-order valence-corrected chi connectivity index (χ4v) is 5.48. The Balaban J connectivity index is 1.56. The van der Waals surface area contributed by atoms with Gasteiger partial charge in [0.2, 0.25) is 5.91 Å². The van der Waals surface area contributed by atoms with Gasteiger partial charge in [0, 0.05) is 25.0 Å². The molecule has 3 aromatic carbocycles. The van der Waals surface area contributed by atoms with Crippen molar-refractivity contribution in [2.45, 2.75) is 45.3 Å². The molecule has 1 aliphatic rings. The zero-order valence-electron chi connectivity index (χ0n) is 22.0. The molecule has 5 heteroatoms. The molecule has 1 fully saturated rings. The smallest absolute Gasteiger partial charge is 0.224 e. The summed E-state index contributed by atoms with van der Waals surface area (Å²) >= 11 is 0. The first-order valence-electron chi connectivity index (χ1n) is 12.6. The molecular weight excluding hydrogens is 448 g/mol. The highest BCUT2D eigenvalue weighted by atomic mass is 16.5. The van der Waals surface area contributed by atoms with Crippen LogP contribution in [0, 0.1) is 5.41 Å². The molecule has 1 unspecified atom stereocenters. The summed E-state index contributed by atoms with van der Waals surface area (Å²) in [6, 6.07) is 23.9. The van der Waals surface area contributed by atoms with Crippen LogP contribution in [-0.4, -0.2) is 43.2 Å². The van der Waals surface area contributed by atoms with E-state index in [2.05, 4.69) is 62.3 Å². The van der Waals surface area contributed by atoms with Gasteiger partial charge in [0.05, 0.1) is 13.5 Å². The Morgan fingerprint density at radius 1 is 1.03 bits per heavy atom. The molecule has 0 aliphatic carbocycles. The molecule has 1 heterocycles. The molecule has 0 radical (unpaired) electrons. The van der Waals surface area contributed by atoms with Crippen molar-refractivity contribution in [3.8, 4) is 5.75 Å². The second-order valence-corrected chi connectivity index (χ2v) is 10.7. The lowest BCUT2D eigenvalue weighted by atomic mass is 9.62. The summed E-state index contributed by atoms with van der Waals surface area (Å²) in [6.07, 6.45) is 0.285. The van der Waals surface area contributed by atoms with E-state index in [1.54, 1.807) is 7.11 Å². The van der Waals surface area contributed by atoms with Gasteiger partial charge >= 0.3 is 0 Å². The maximum Gasteiger partial charge on any atom is 0.224 e. The number of nitrogens with one attached hydrogen (secondary N) is 1. The third-order valence-electron chi connectivity index (χ3n) is 7.44. The summed E-state index contributed by atoms with van der Waals surface area (Å²) in [5.74, 6) is 1.12. The number of hydrogen-bond acceptors (Lipinski definition) is 4. The molecule has 4 rings (SSSR count). The largest absolute Gasteiger partial charge is 0.497 e. The van der Waals surface area contributed by atoms with Crippen LogP contribution in [0.5, 0.6) is 5.75 Å². The lowest BCUT2D eigenvalue weighted by Gasteiger charge is -2.56. The third-order valence-corrected chi connectivity index (χ3v) is 7.44. The van der Waals surface area contributed by atoms with Crippen molar-refractivity contribution in [2.75, 3.05) is 27.2 Å². The molecule has 1 amide bonds. The van der Waals surface area contributed by atoms with Gasteiger partial charge in [0.15, 0.2) is 0 Å². The number of aliphatic hydroxyl groups is 1. The van der Waals surface area contributed by atoms with E-state index in [-0.39, 0.29) is 17.7 Å². The quantitative estimate of drug-likeness (QED) is 0.453. The third kappa shape index (κ3) is 5.18. The van der Waals surface area contributed by atoms with E-state index in [1.807, 2.05) is 48.5 Å². The molecule has 1 saturated heterocycles. The van der Waals surface area contributed by atoms with E-state index in [4.69, 9.17) is 4.74 Å². The molecule has 0 spiro atoms. The Morgan fingerprint density at radius 2 is 1.69 bits per heavy atom. The highest BCUT2D eigenvalue weighted by Crippen LogP contribution is 2.50. The predicted molar refractivity (Wildman–Crippen MR) is 144 cm³/mol. The van der Waals surface area contributed by atoms with Crippen molar-refractivity contribution in [3.63, 3.8) is 0 Å². The Kier molecular flexibility index (Phi) is 7.53. The number of nitrogens with zero attached hydrogens (tertiary/aromatic N) is 1. The number of amides is 1. The van der Waals surface area contributed by atoms with Gasteiger partial charge < -0.3 is 20.1 Å². The first kappa shape index (κ1) is 25.9. The molecule has 0 bridgehead atoms. The molecule has 5 nitrogen and oxygen atoms in total. The summed E-state index contributed by atoms with van der Waals surface area (Å²) in [5, 5.41) is 15.4. The number of likely N-dealkylation sites (tertiary alicyclic amines) is 1. The van der Waals surface area contributed by atoms with Crippen molar-refractivity contribution in [3.05, 3.63) is 101 Å². The lowest BCUT2D eigenvalue weighted by Crippen LogP contribution is -2.63. The van der Waals surface area contributed by atoms with Crippen LogP contribution >= 0.6 is 0 Å². The molecule has 2 N–H and O–H groups in total. The SMILES string of the molecule is COc1cccc(CC(=O)NCc2cccc(C(O)(c3ccc(C(C)C)cc3)C3(C)CN(C)C3)c2)c1. The Bertz CT molecular complexity index is 1200. The number of rotatable bonds is 9. The summed E-state index contributed by atoms with van der Waals surface area (Å²) in [6.45, 7) is 8.51. The van der Waals surface area contributed by atoms with Gasteiger partial charge in [-0.1, -0.05) is 81.4 Å². The van der Waals surface area contributed by atoms with E-state index in [0.717, 1.165) is 41.1 Å². The lowest BCUT2D eigenvalue weighted by molar-refractivity contribution is -0.127. The van der Waals surface area contributed by atoms with Crippen LogP contribution in [-0.2, 0) is 23.4 Å². The van der Waals surface area contributed by atoms with Gasteiger partial charge in [0.1, 0.15) is 11.4 Å². The maximum absolute atomic E-state index is 12.6. The van der Waals surface area contributed by atoms with Crippen LogP contribution in [0.1, 0.15) is 54.5 Å². The fraction of sp³-hybridized carbons (Fsp3) is 0.387. The van der Waals surface area contributed by atoms with Crippen molar-refractivity contribution in [1.29, 1.82) is 0 Å². The second kappa shape index (κ2) is 10.5. The number of carbonyl (C=O) groups excluding carboxylic acids is 1. The van der Waals surface area contributed by atoms with Gasteiger partial charge in [-0.05, 0) is 52.9 Å². The molecule has 0 saturated carbocycles. The van der Waals surface area contributed by atoms with Crippen LogP contribution in [0.25, 0.3) is 0 Å². The average Bonchev–Trinajstić information content (AvgIpc) is 2.86. The van der Waals surface area contributed by atoms with E-state index in [1.165, 1.54) is 5.56 Å². The van der Waals surface area contributed by atoms with Crippen molar-refractivity contribution in [1.82, 2.24) is 10.2 Å². The van der Waals surface area contributed by atoms with E-state index in [0.29, 0.717) is 12.5 Å². The Hall–Kier alpha value is -3.15. The van der Waals surface area contributed by atoms with E-state index >= 15 is 0 Å². The minimum Gasteiger partial charge on any atom is -0.497 e. The first-order chi connectivity index (χ1) is 17.1. The van der Waals surface area contributed by atoms with Crippen molar-refractivity contribution in [2.24, 2.45) is 5.41 Å². The monoisotopic (exact) mass is 486 g/mol. The standard InChI is InChI=1S/C31H38N2O3/c1-22(2)25-12-14-26(15-13-25)31(35,30(3)20-33(4)21-30)27-10-6-9-24(16-27)19-32-29(34)18-23-8-7-11-28(17-23)36-5/h6-17,22,35H,18-21H2,1-5H3,(H,32,34). The fourth-order valence-electron chi connectivity index (χ4n) is 5.48. The Morgan fingerprint density at radius 3 is 2.33 bits per heavy atom. The number of ether oxygens (including phenoxy) is 1. The molecule has 190 valence electrons. The molecular formula is C31H38N2O3.